The topological polar surface area (TPSA) is 107 Å². The van der Waals surface area contributed by atoms with Crippen molar-refractivity contribution in [2.45, 2.75) is 12.3 Å². The first-order chi connectivity index (χ1) is 12.7. The lowest BCUT2D eigenvalue weighted by molar-refractivity contribution is 0.419. The molecule has 0 amide bonds. The number of anilines is 2. The highest BCUT2D eigenvalue weighted by Crippen LogP contribution is 2.32. The highest BCUT2D eigenvalue weighted by Gasteiger charge is 2.21. The summed E-state index contributed by atoms with van der Waals surface area (Å²) in [5, 5.41) is 4.31. The van der Waals surface area contributed by atoms with Crippen LogP contribution in [0.25, 0.3) is 11.3 Å². The van der Waals surface area contributed by atoms with E-state index in [9.17, 15) is 0 Å². The zero-order valence-electron chi connectivity index (χ0n) is 14.1. The van der Waals surface area contributed by atoms with E-state index in [0.717, 1.165) is 17.7 Å². The van der Waals surface area contributed by atoms with E-state index in [1.807, 2.05) is 36.7 Å². The Kier molecular flexibility index (Phi) is 4.15. The van der Waals surface area contributed by atoms with E-state index in [-0.39, 0.29) is 5.92 Å². The average molecular weight is 345 g/mol. The number of hydrogen-bond donors (Lipinski definition) is 3. The predicted molar refractivity (Wildman–Crippen MR) is 101 cm³/mol. The number of benzene rings is 1. The molecule has 4 rings (SSSR count). The SMILES string of the molecule is Nc1ccc(-c2cc(C(Cc3ccccc3)c3cc[nH]c3)no2)c(N)n1. The molecule has 3 heterocycles. The van der Waals surface area contributed by atoms with E-state index >= 15 is 0 Å². The first-order valence-electron chi connectivity index (χ1n) is 8.36. The molecule has 5 N–H and O–H groups in total. The molecule has 26 heavy (non-hydrogen) atoms. The summed E-state index contributed by atoms with van der Waals surface area (Å²) in [4.78, 5) is 7.20. The van der Waals surface area contributed by atoms with Gasteiger partial charge < -0.3 is 21.0 Å². The minimum atomic E-state index is 0.0733. The van der Waals surface area contributed by atoms with Gasteiger partial charge in [0.1, 0.15) is 11.6 Å². The van der Waals surface area contributed by atoms with E-state index in [2.05, 4.69) is 33.3 Å². The standard InChI is InChI=1S/C20H19N5O/c21-19-7-6-15(20(22)24-19)18-11-17(25-26-18)16(14-8-9-23-12-14)10-13-4-2-1-3-5-13/h1-9,11-12,16,23H,10H2,(H4,21,22,24). The van der Waals surface area contributed by atoms with Gasteiger partial charge in [-0.1, -0.05) is 35.5 Å². The zero-order chi connectivity index (χ0) is 17.9. The minimum absolute atomic E-state index is 0.0733. The number of nitrogens with two attached hydrogens (primary N) is 2. The number of hydrogen-bond acceptors (Lipinski definition) is 5. The molecular weight excluding hydrogens is 326 g/mol. The third-order valence-electron chi connectivity index (χ3n) is 4.40. The maximum atomic E-state index is 5.97. The highest BCUT2D eigenvalue weighted by atomic mass is 16.5. The Morgan fingerprint density at radius 3 is 2.62 bits per heavy atom. The number of rotatable bonds is 5. The van der Waals surface area contributed by atoms with Crippen LogP contribution in [0.15, 0.2) is 71.5 Å². The van der Waals surface area contributed by atoms with Crippen molar-refractivity contribution in [2.24, 2.45) is 0 Å². The molecule has 0 aliphatic heterocycles. The fraction of sp³-hybridized carbons (Fsp3) is 0.100. The normalized spacial score (nSPS) is 12.2. The molecule has 0 spiro atoms. The predicted octanol–water partition coefficient (Wildman–Crippen LogP) is 3.60. The van der Waals surface area contributed by atoms with Crippen LogP contribution in [0.1, 0.15) is 22.7 Å². The van der Waals surface area contributed by atoms with Gasteiger partial charge in [-0.2, -0.15) is 0 Å². The van der Waals surface area contributed by atoms with Crippen LogP contribution in [-0.4, -0.2) is 15.1 Å². The molecule has 4 aromatic rings. The van der Waals surface area contributed by atoms with Gasteiger partial charge in [-0.3, -0.25) is 0 Å². The summed E-state index contributed by atoms with van der Waals surface area (Å²) in [7, 11) is 0. The van der Waals surface area contributed by atoms with Crippen LogP contribution in [0.5, 0.6) is 0 Å². The molecule has 130 valence electrons. The van der Waals surface area contributed by atoms with Crippen LogP contribution in [0.2, 0.25) is 0 Å². The summed E-state index contributed by atoms with van der Waals surface area (Å²) >= 11 is 0. The average Bonchev–Trinajstić information content (AvgIpc) is 3.33. The minimum Gasteiger partial charge on any atom is -0.384 e. The van der Waals surface area contributed by atoms with Crippen molar-refractivity contribution >= 4 is 11.6 Å². The van der Waals surface area contributed by atoms with Gasteiger partial charge in [-0.15, -0.1) is 0 Å². The third-order valence-corrected chi connectivity index (χ3v) is 4.40. The first kappa shape index (κ1) is 16.0. The Bertz CT molecular complexity index is 992. The number of aromatic amines is 1. The fourth-order valence-electron chi connectivity index (χ4n) is 3.08. The Balaban J connectivity index is 1.70. The maximum absolute atomic E-state index is 5.97. The molecule has 3 aromatic heterocycles. The van der Waals surface area contributed by atoms with Crippen molar-refractivity contribution in [2.75, 3.05) is 11.5 Å². The number of nitrogen functional groups attached to an aromatic ring is 2. The van der Waals surface area contributed by atoms with Crippen molar-refractivity contribution in [3.8, 4) is 11.3 Å². The highest BCUT2D eigenvalue weighted by molar-refractivity contribution is 5.71. The molecule has 0 saturated heterocycles. The van der Waals surface area contributed by atoms with Crippen molar-refractivity contribution < 1.29 is 4.52 Å². The summed E-state index contributed by atoms with van der Waals surface area (Å²) in [6.45, 7) is 0. The first-order valence-corrected chi connectivity index (χ1v) is 8.36. The molecule has 0 fully saturated rings. The Labute approximate surface area is 150 Å². The monoisotopic (exact) mass is 345 g/mol. The largest absolute Gasteiger partial charge is 0.384 e. The summed E-state index contributed by atoms with van der Waals surface area (Å²) in [6, 6.07) is 17.8. The second-order valence-corrected chi connectivity index (χ2v) is 6.17. The van der Waals surface area contributed by atoms with Crippen molar-refractivity contribution in [3.63, 3.8) is 0 Å². The van der Waals surface area contributed by atoms with Gasteiger partial charge in [0, 0.05) is 24.4 Å². The van der Waals surface area contributed by atoms with Crippen LogP contribution >= 0.6 is 0 Å². The van der Waals surface area contributed by atoms with E-state index in [0.29, 0.717) is 23.0 Å². The van der Waals surface area contributed by atoms with Crippen LogP contribution < -0.4 is 11.5 Å². The lowest BCUT2D eigenvalue weighted by atomic mass is 9.90. The van der Waals surface area contributed by atoms with Gasteiger partial charge in [-0.25, -0.2) is 4.98 Å². The van der Waals surface area contributed by atoms with Crippen LogP contribution in [0.4, 0.5) is 11.6 Å². The molecule has 6 nitrogen and oxygen atoms in total. The number of aromatic nitrogens is 3. The lowest BCUT2D eigenvalue weighted by Crippen LogP contribution is -2.04. The van der Waals surface area contributed by atoms with Crippen LogP contribution in [0.3, 0.4) is 0 Å². The van der Waals surface area contributed by atoms with Gasteiger partial charge in [0.2, 0.25) is 0 Å². The van der Waals surface area contributed by atoms with Gasteiger partial charge >= 0.3 is 0 Å². The Morgan fingerprint density at radius 1 is 1.04 bits per heavy atom. The van der Waals surface area contributed by atoms with Crippen LogP contribution in [0, 0.1) is 0 Å². The van der Waals surface area contributed by atoms with Gasteiger partial charge in [0.15, 0.2) is 5.76 Å². The molecule has 1 unspecified atom stereocenters. The van der Waals surface area contributed by atoms with E-state index in [1.54, 1.807) is 12.1 Å². The number of nitrogens with one attached hydrogen (secondary N) is 1. The number of H-pyrrole nitrogens is 1. The number of pyridine rings is 1. The van der Waals surface area contributed by atoms with E-state index < -0.39 is 0 Å². The van der Waals surface area contributed by atoms with Crippen molar-refractivity contribution in [3.05, 3.63) is 83.8 Å². The van der Waals surface area contributed by atoms with Crippen molar-refractivity contribution in [1.82, 2.24) is 15.1 Å². The molecule has 0 bridgehead atoms. The van der Waals surface area contributed by atoms with Crippen LogP contribution in [-0.2, 0) is 6.42 Å². The molecule has 0 saturated carbocycles. The molecule has 1 atom stereocenters. The molecule has 1 aromatic carbocycles. The molecule has 0 aliphatic carbocycles. The maximum Gasteiger partial charge on any atom is 0.170 e. The summed E-state index contributed by atoms with van der Waals surface area (Å²) in [5.74, 6) is 1.36. The summed E-state index contributed by atoms with van der Waals surface area (Å²) in [6.07, 6.45) is 4.72. The van der Waals surface area contributed by atoms with Gasteiger partial charge in [-0.05, 0) is 35.7 Å². The second kappa shape index (κ2) is 6.76. The van der Waals surface area contributed by atoms with Crippen molar-refractivity contribution in [1.29, 1.82) is 0 Å². The Hall–Kier alpha value is -3.54. The van der Waals surface area contributed by atoms with Gasteiger partial charge in [0.05, 0.1) is 11.3 Å². The van der Waals surface area contributed by atoms with Gasteiger partial charge in [0.25, 0.3) is 0 Å². The Morgan fingerprint density at radius 2 is 1.88 bits per heavy atom. The smallest absolute Gasteiger partial charge is 0.170 e. The summed E-state index contributed by atoms with van der Waals surface area (Å²) in [5.41, 5.74) is 15.6. The molecular formula is C20H19N5O. The lowest BCUT2D eigenvalue weighted by Gasteiger charge is -2.12. The molecule has 0 aliphatic rings. The summed E-state index contributed by atoms with van der Waals surface area (Å²) < 4.78 is 5.57. The second-order valence-electron chi connectivity index (χ2n) is 6.17. The molecule has 0 radical (unpaired) electrons. The van der Waals surface area contributed by atoms with E-state index in [4.69, 9.17) is 16.0 Å². The van der Waals surface area contributed by atoms with E-state index in [1.165, 1.54) is 5.56 Å². The quantitative estimate of drug-likeness (QED) is 0.512. The number of nitrogens with zero attached hydrogens (tertiary/aromatic N) is 2. The fourth-order valence-corrected chi connectivity index (χ4v) is 3.08. The zero-order valence-corrected chi connectivity index (χ0v) is 14.1. The third kappa shape index (κ3) is 3.17. The molecule has 6 heteroatoms.